The first-order valence-corrected chi connectivity index (χ1v) is 3.80. The molecule has 0 aromatic heterocycles. The topological polar surface area (TPSA) is 24.7 Å². The van der Waals surface area contributed by atoms with E-state index in [1.165, 1.54) is 5.71 Å². The largest absolute Gasteiger partial charge is 0.160 e. The van der Waals surface area contributed by atoms with Gasteiger partial charge in [0, 0.05) is 11.4 Å². The van der Waals surface area contributed by atoms with Gasteiger partial charge in [0.05, 0.1) is 0 Å². The van der Waals surface area contributed by atoms with Crippen molar-refractivity contribution >= 4 is 11.4 Å². The maximum atomic E-state index is 4.11. The first-order chi connectivity index (χ1) is 4.70. The van der Waals surface area contributed by atoms with Crippen LogP contribution in [-0.2, 0) is 0 Å². The summed E-state index contributed by atoms with van der Waals surface area (Å²) in [4.78, 5) is 0. The average molecular weight is 138 g/mol. The van der Waals surface area contributed by atoms with E-state index < -0.39 is 0 Å². The number of hydrogen-bond donors (Lipinski definition) is 0. The zero-order valence-electron chi connectivity index (χ0n) is 6.89. The molecular formula is C8H14N2. The fourth-order valence-electron chi connectivity index (χ4n) is 0.963. The van der Waals surface area contributed by atoms with Gasteiger partial charge in [-0.05, 0) is 25.7 Å². The Bertz CT molecular complexity index is 178. The highest BCUT2D eigenvalue weighted by Crippen LogP contribution is 2.10. The molecule has 0 saturated carbocycles. The first kappa shape index (κ1) is 7.45. The summed E-state index contributed by atoms with van der Waals surface area (Å²) in [5, 5.41) is 8.15. The SMILES string of the molecule is CC1=NN=C(C(C)C)CC1. The van der Waals surface area contributed by atoms with Crippen LogP contribution in [0.25, 0.3) is 0 Å². The van der Waals surface area contributed by atoms with Crippen LogP contribution in [0.4, 0.5) is 0 Å². The van der Waals surface area contributed by atoms with Crippen molar-refractivity contribution in [1.82, 2.24) is 0 Å². The summed E-state index contributed by atoms with van der Waals surface area (Å²) < 4.78 is 0. The van der Waals surface area contributed by atoms with Crippen molar-refractivity contribution in [2.75, 3.05) is 0 Å². The Balaban J connectivity index is 2.64. The molecule has 0 aromatic carbocycles. The highest BCUT2D eigenvalue weighted by atomic mass is 15.2. The van der Waals surface area contributed by atoms with E-state index in [1.54, 1.807) is 0 Å². The maximum Gasteiger partial charge on any atom is 0.0434 e. The zero-order valence-corrected chi connectivity index (χ0v) is 6.89. The van der Waals surface area contributed by atoms with Crippen LogP contribution in [-0.4, -0.2) is 11.4 Å². The minimum Gasteiger partial charge on any atom is -0.160 e. The summed E-state index contributed by atoms with van der Waals surface area (Å²) in [6.45, 7) is 6.35. The second-order valence-electron chi connectivity index (χ2n) is 3.08. The van der Waals surface area contributed by atoms with E-state index >= 15 is 0 Å². The second-order valence-corrected chi connectivity index (χ2v) is 3.08. The van der Waals surface area contributed by atoms with E-state index in [-0.39, 0.29) is 0 Å². The number of nitrogens with zero attached hydrogens (tertiary/aromatic N) is 2. The van der Waals surface area contributed by atoms with Crippen LogP contribution >= 0.6 is 0 Å². The van der Waals surface area contributed by atoms with Gasteiger partial charge in [0.2, 0.25) is 0 Å². The Morgan fingerprint density at radius 1 is 1.20 bits per heavy atom. The lowest BCUT2D eigenvalue weighted by atomic mass is 10.0. The van der Waals surface area contributed by atoms with Crippen molar-refractivity contribution in [2.45, 2.75) is 33.6 Å². The lowest BCUT2D eigenvalue weighted by Gasteiger charge is -2.11. The van der Waals surface area contributed by atoms with Gasteiger partial charge in [0.1, 0.15) is 0 Å². The normalized spacial score (nSPS) is 18.8. The third-order valence-corrected chi connectivity index (χ3v) is 1.76. The summed E-state index contributed by atoms with van der Waals surface area (Å²) in [7, 11) is 0. The molecule has 0 fully saturated rings. The minimum atomic E-state index is 0.567. The summed E-state index contributed by atoms with van der Waals surface area (Å²) in [5.74, 6) is 0.567. The molecule has 0 aromatic rings. The molecule has 0 radical (unpaired) electrons. The lowest BCUT2D eigenvalue weighted by molar-refractivity contribution is 0.825. The molecule has 2 nitrogen and oxygen atoms in total. The maximum absolute atomic E-state index is 4.11. The predicted molar refractivity (Wildman–Crippen MR) is 44.6 cm³/mol. The Hall–Kier alpha value is -0.660. The third kappa shape index (κ3) is 1.66. The summed E-state index contributed by atoms with van der Waals surface area (Å²) in [5.41, 5.74) is 2.40. The van der Waals surface area contributed by atoms with Crippen molar-refractivity contribution in [3.05, 3.63) is 0 Å². The van der Waals surface area contributed by atoms with Gasteiger partial charge >= 0.3 is 0 Å². The van der Waals surface area contributed by atoms with Gasteiger partial charge < -0.3 is 0 Å². The third-order valence-electron chi connectivity index (χ3n) is 1.76. The zero-order chi connectivity index (χ0) is 7.56. The molecule has 0 aliphatic carbocycles. The fourth-order valence-corrected chi connectivity index (χ4v) is 0.963. The Morgan fingerprint density at radius 3 is 2.30 bits per heavy atom. The second kappa shape index (κ2) is 2.95. The molecule has 10 heavy (non-hydrogen) atoms. The molecule has 0 saturated heterocycles. The van der Waals surface area contributed by atoms with Crippen molar-refractivity contribution in [2.24, 2.45) is 16.1 Å². The molecule has 0 spiro atoms. The van der Waals surface area contributed by atoms with Crippen molar-refractivity contribution in [3.63, 3.8) is 0 Å². The minimum absolute atomic E-state index is 0.567. The van der Waals surface area contributed by atoms with Crippen LogP contribution in [0.2, 0.25) is 0 Å². The van der Waals surface area contributed by atoms with Gasteiger partial charge in [-0.1, -0.05) is 13.8 Å². The van der Waals surface area contributed by atoms with Gasteiger partial charge in [0.25, 0.3) is 0 Å². The summed E-state index contributed by atoms with van der Waals surface area (Å²) in [6, 6.07) is 0. The van der Waals surface area contributed by atoms with Crippen LogP contribution < -0.4 is 0 Å². The lowest BCUT2D eigenvalue weighted by Crippen LogP contribution is -2.12. The molecule has 2 heteroatoms. The van der Waals surface area contributed by atoms with Crippen molar-refractivity contribution < 1.29 is 0 Å². The highest BCUT2D eigenvalue weighted by Gasteiger charge is 2.09. The first-order valence-electron chi connectivity index (χ1n) is 3.80. The van der Waals surface area contributed by atoms with Gasteiger partial charge in [-0.15, -0.1) is 0 Å². The van der Waals surface area contributed by atoms with Gasteiger partial charge in [-0.2, -0.15) is 10.2 Å². The molecule has 1 aliphatic rings. The molecular weight excluding hydrogens is 124 g/mol. The number of hydrogen-bond acceptors (Lipinski definition) is 2. The van der Waals surface area contributed by atoms with Crippen LogP contribution in [0.3, 0.4) is 0 Å². The molecule has 1 aliphatic heterocycles. The van der Waals surface area contributed by atoms with E-state index in [1.807, 2.05) is 6.92 Å². The van der Waals surface area contributed by atoms with E-state index in [9.17, 15) is 0 Å². The smallest absolute Gasteiger partial charge is 0.0434 e. The summed E-state index contributed by atoms with van der Waals surface area (Å²) in [6.07, 6.45) is 2.20. The fraction of sp³-hybridized carbons (Fsp3) is 0.750. The molecule has 0 N–H and O–H groups in total. The molecule has 0 bridgehead atoms. The molecule has 0 unspecified atom stereocenters. The molecule has 1 heterocycles. The van der Waals surface area contributed by atoms with Gasteiger partial charge in [-0.3, -0.25) is 0 Å². The highest BCUT2D eigenvalue weighted by molar-refractivity contribution is 5.94. The average Bonchev–Trinajstić information content (AvgIpc) is 1.88. The van der Waals surface area contributed by atoms with Crippen LogP contribution in [0.15, 0.2) is 10.2 Å². The molecule has 1 rings (SSSR count). The van der Waals surface area contributed by atoms with Crippen molar-refractivity contribution in [3.8, 4) is 0 Å². The Labute approximate surface area is 62.0 Å². The van der Waals surface area contributed by atoms with Crippen molar-refractivity contribution in [1.29, 1.82) is 0 Å². The Morgan fingerprint density at radius 2 is 1.90 bits per heavy atom. The van der Waals surface area contributed by atoms with Gasteiger partial charge in [-0.25, -0.2) is 0 Å². The predicted octanol–water partition coefficient (Wildman–Crippen LogP) is 2.25. The molecule has 0 atom stereocenters. The van der Waals surface area contributed by atoms with Crippen LogP contribution in [0.1, 0.15) is 33.6 Å². The quantitative estimate of drug-likeness (QED) is 0.531. The van der Waals surface area contributed by atoms with E-state index in [2.05, 4.69) is 24.1 Å². The standard InChI is InChI=1S/C8H14N2/c1-6(2)8-5-4-7(3)9-10-8/h6H,4-5H2,1-3H3. The van der Waals surface area contributed by atoms with Crippen LogP contribution in [0, 0.1) is 5.92 Å². The van der Waals surface area contributed by atoms with Crippen LogP contribution in [0.5, 0.6) is 0 Å². The summed E-state index contributed by atoms with van der Waals surface area (Å²) >= 11 is 0. The van der Waals surface area contributed by atoms with E-state index in [4.69, 9.17) is 0 Å². The van der Waals surface area contributed by atoms with Gasteiger partial charge in [0.15, 0.2) is 0 Å². The van der Waals surface area contributed by atoms with E-state index in [0.717, 1.165) is 18.6 Å². The number of rotatable bonds is 1. The monoisotopic (exact) mass is 138 g/mol. The molecule has 56 valence electrons. The van der Waals surface area contributed by atoms with E-state index in [0.29, 0.717) is 5.92 Å². The Kier molecular flexibility index (Phi) is 2.20. The molecule has 0 amide bonds.